The van der Waals surface area contributed by atoms with E-state index in [0.717, 1.165) is 51.4 Å². The number of unbranched alkanes of at least 4 members (excludes halogenated alkanes) is 41. The van der Waals surface area contributed by atoms with Gasteiger partial charge in [-0.05, 0) is 57.8 Å². The Kier molecular flexibility index (Phi) is 55.9. The highest BCUT2D eigenvalue weighted by Crippen LogP contribution is 2.19. The Bertz CT molecular complexity index is 1090. The van der Waals surface area contributed by atoms with Crippen molar-refractivity contribution in [1.29, 1.82) is 0 Å². The number of amides is 1. The van der Waals surface area contributed by atoms with Crippen molar-refractivity contribution < 1.29 is 24.5 Å². The van der Waals surface area contributed by atoms with Gasteiger partial charge in [0, 0.05) is 6.42 Å². The molecule has 0 rings (SSSR count). The first-order valence-corrected chi connectivity index (χ1v) is 31.1. The summed E-state index contributed by atoms with van der Waals surface area (Å²) in [6, 6.07) is -0.699. The smallest absolute Gasteiger partial charge is 0.306 e. The lowest BCUT2D eigenvalue weighted by molar-refractivity contribution is -0.151. The molecule has 6 heteroatoms. The average molecular weight is 973 g/mol. The third kappa shape index (κ3) is 52.5. The van der Waals surface area contributed by atoms with Crippen LogP contribution >= 0.6 is 0 Å². The Hall–Kier alpha value is -1.66. The molecule has 0 radical (unpaired) electrons. The highest BCUT2D eigenvalue weighted by Gasteiger charge is 2.24. The molecule has 3 atom stereocenters. The molecule has 0 aliphatic carbocycles. The van der Waals surface area contributed by atoms with Gasteiger partial charge in [0.05, 0.1) is 25.2 Å². The van der Waals surface area contributed by atoms with Gasteiger partial charge in [-0.2, -0.15) is 0 Å². The van der Waals surface area contributed by atoms with Gasteiger partial charge in [-0.25, -0.2) is 0 Å². The molecule has 0 aliphatic rings. The molecular weight excluding hydrogens is 851 g/mol. The third-order valence-electron chi connectivity index (χ3n) is 14.5. The SMILES string of the molecule is CCCCC/C=C\C/C=C\CCCCCCCCCCCC(=O)OC(CCCCCCCCCCCCCCCCC)CC(=O)NC(CO)C(O)CCCCCCCCCCCCCCCCCC. The lowest BCUT2D eigenvalue weighted by Gasteiger charge is -2.24. The molecule has 0 fully saturated rings. The maximum absolute atomic E-state index is 13.3. The van der Waals surface area contributed by atoms with E-state index in [1.165, 1.54) is 244 Å². The summed E-state index contributed by atoms with van der Waals surface area (Å²) in [5.41, 5.74) is 0. The molecule has 3 unspecified atom stereocenters. The predicted molar refractivity (Wildman–Crippen MR) is 301 cm³/mol. The van der Waals surface area contributed by atoms with Crippen LogP contribution in [0, 0.1) is 0 Å². The molecule has 0 saturated carbocycles. The van der Waals surface area contributed by atoms with E-state index in [-0.39, 0.29) is 24.9 Å². The zero-order valence-corrected chi connectivity index (χ0v) is 46.7. The van der Waals surface area contributed by atoms with Gasteiger partial charge in [0.15, 0.2) is 0 Å². The highest BCUT2D eigenvalue weighted by molar-refractivity contribution is 5.77. The summed E-state index contributed by atoms with van der Waals surface area (Å²) < 4.78 is 5.98. The van der Waals surface area contributed by atoms with Crippen molar-refractivity contribution in [1.82, 2.24) is 5.32 Å². The molecule has 0 bridgehead atoms. The van der Waals surface area contributed by atoms with Crippen molar-refractivity contribution in [3.05, 3.63) is 24.3 Å². The number of rotatable bonds is 57. The Morgan fingerprint density at radius 3 is 1.13 bits per heavy atom. The first-order valence-electron chi connectivity index (χ1n) is 31.1. The molecule has 0 spiro atoms. The van der Waals surface area contributed by atoms with E-state index in [1.807, 2.05) is 0 Å². The highest BCUT2D eigenvalue weighted by atomic mass is 16.5. The number of esters is 1. The van der Waals surface area contributed by atoms with E-state index in [4.69, 9.17) is 4.74 Å². The monoisotopic (exact) mass is 972 g/mol. The summed E-state index contributed by atoms with van der Waals surface area (Å²) in [4.78, 5) is 26.4. The Morgan fingerprint density at radius 2 is 0.739 bits per heavy atom. The Labute approximate surface area is 431 Å². The van der Waals surface area contributed by atoms with Crippen LogP contribution in [0.5, 0.6) is 0 Å². The summed E-state index contributed by atoms with van der Waals surface area (Å²) in [7, 11) is 0. The molecule has 6 nitrogen and oxygen atoms in total. The molecule has 0 aromatic carbocycles. The number of hydrogen-bond donors (Lipinski definition) is 3. The number of carbonyl (C=O) groups is 2. The molecule has 408 valence electrons. The molecule has 0 aliphatic heterocycles. The predicted octanol–water partition coefficient (Wildman–Crippen LogP) is 19.4. The topological polar surface area (TPSA) is 95.9 Å². The molecular formula is C63H121NO5. The van der Waals surface area contributed by atoms with Crippen molar-refractivity contribution in [3.8, 4) is 0 Å². The van der Waals surface area contributed by atoms with Crippen molar-refractivity contribution >= 4 is 11.9 Å². The number of aliphatic hydroxyl groups is 2. The van der Waals surface area contributed by atoms with Crippen LogP contribution in [0.3, 0.4) is 0 Å². The molecule has 69 heavy (non-hydrogen) atoms. The Balaban J connectivity index is 4.49. The summed E-state index contributed by atoms with van der Waals surface area (Å²) in [6.07, 6.45) is 68.2. The molecule has 0 aromatic rings. The lowest BCUT2D eigenvalue weighted by Crippen LogP contribution is -2.46. The minimum atomic E-state index is -0.785. The number of aliphatic hydroxyl groups excluding tert-OH is 2. The van der Waals surface area contributed by atoms with E-state index >= 15 is 0 Å². The van der Waals surface area contributed by atoms with Gasteiger partial charge in [0.2, 0.25) is 5.91 Å². The van der Waals surface area contributed by atoms with Gasteiger partial charge in [0.1, 0.15) is 6.10 Å². The largest absolute Gasteiger partial charge is 0.462 e. The van der Waals surface area contributed by atoms with Crippen molar-refractivity contribution in [2.24, 2.45) is 0 Å². The third-order valence-corrected chi connectivity index (χ3v) is 14.5. The minimum Gasteiger partial charge on any atom is -0.462 e. The van der Waals surface area contributed by atoms with E-state index in [9.17, 15) is 19.8 Å². The van der Waals surface area contributed by atoms with Crippen LogP contribution in [0.1, 0.15) is 342 Å². The fraction of sp³-hybridized carbons (Fsp3) is 0.905. The van der Waals surface area contributed by atoms with Crippen LogP contribution < -0.4 is 5.32 Å². The second kappa shape index (κ2) is 57.2. The fourth-order valence-corrected chi connectivity index (χ4v) is 9.82. The van der Waals surface area contributed by atoms with Crippen LogP contribution in [0.4, 0.5) is 0 Å². The van der Waals surface area contributed by atoms with E-state index in [1.54, 1.807) is 0 Å². The summed E-state index contributed by atoms with van der Waals surface area (Å²) in [5.74, 6) is -0.454. The van der Waals surface area contributed by atoms with Crippen molar-refractivity contribution in [2.75, 3.05) is 6.61 Å². The zero-order chi connectivity index (χ0) is 50.2. The number of allylic oxidation sites excluding steroid dienone is 4. The number of ether oxygens (including phenoxy) is 1. The maximum Gasteiger partial charge on any atom is 0.306 e. The van der Waals surface area contributed by atoms with Gasteiger partial charge in [-0.15, -0.1) is 0 Å². The number of hydrogen-bond acceptors (Lipinski definition) is 5. The molecule has 0 saturated heterocycles. The van der Waals surface area contributed by atoms with Crippen LogP contribution in [0.15, 0.2) is 24.3 Å². The van der Waals surface area contributed by atoms with Crippen molar-refractivity contribution in [2.45, 2.75) is 360 Å². The van der Waals surface area contributed by atoms with Gasteiger partial charge >= 0.3 is 5.97 Å². The molecule has 3 N–H and O–H groups in total. The summed E-state index contributed by atoms with van der Waals surface area (Å²) in [5, 5.41) is 24.0. The maximum atomic E-state index is 13.3. The lowest BCUT2D eigenvalue weighted by atomic mass is 10.0. The van der Waals surface area contributed by atoms with E-state index < -0.39 is 18.2 Å². The second-order valence-electron chi connectivity index (χ2n) is 21.5. The first kappa shape index (κ1) is 67.3. The van der Waals surface area contributed by atoms with Gasteiger partial charge in [-0.3, -0.25) is 9.59 Å². The summed E-state index contributed by atoms with van der Waals surface area (Å²) in [6.45, 7) is 6.51. The van der Waals surface area contributed by atoms with Crippen LogP contribution in [-0.4, -0.2) is 46.9 Å². The molecule has 0 heterocycles. The quantitative estimate of drug-likeness (QED) is 0.0321. The average Bonchev–Trinajstić information content (AvgIpc) is 3.34. The van der Waals surface area contributed by atoms with Crippen molar-refractivity contribution in [3.63, 3.8) is 0 Å². The zero-order valence-electron chi connectivity index (χ0n) is 46.7. The minimum absolute atomic E-state index is 0.0828. The van der Waals surface area contributed by atoms with Crippen LogP contribution in [-0.2, 0) is 14.3 Å². The van der Waals surface area contributed by atoms with Gasteiger partial charge in [0.25, 0.3) is 0 Å². The normalized spacial score (nSPS) is 13.2. The second-order valence-corrected chi connectivity index (χ2v) is 21.5. The van der Waals surface area contributed by atoms with Crippen LogP contribution in [0.25, 0.3) is 0 Å². The van der Waals surface area contributed by atoms with Crippen LogP contribution in [0.2, 0.25) is 0 Å². The van der Waals surface area contributed by atoms with E-state index in [0.29, 0.717) is 19.3 Å². The van der Waals surface area contributed by atoms with Gasteiger partial charge in [-0.1, -0.05) is 295 Å². The first-order chi connectivity index (χ1) is 34.0. The Morgan fingerprint density at radius 1 is 0.420 bits per heavy atom. The molecule has 1 amide bonds. The standard InChI is InChI=1S/C63H121NO5/c1-4-7-10-13-16-19-22-25-28-30-31-32-35-38-41-44-47-50-53-56-63(68)69-59(54-51-48-45-42-39-36-33-27-24-21-18-15-12-9-6-3)57-62(67)64-60(58-65)61(66)55-52-49-46-43-40-37-34-29-26-23-20-17-14-11-8-5-2/h16,19,25,28,59-61,65-66H,4-15,17-18,20-24,26-27,29-58H2,1-3H3,(H,64,67)/b19-16-,28-25-. The molecule has 0 aromatic heterocycles. The van der Waals surface area contributed by atoms with E-state index in [2.05, 4.69) is 50.4 Å². The fourth-order valence-electron chi connectivity index (χ4n) is 9.82. The summed E-state index contributed by atoms with van der Waals surface area (Å²) >= 11 is 0. The number of nitrogens with one attached hydrogen (secondary N) is 1. The van der Waals surface area contributed by atoms with Gasteiger partial charge < -0.3 is 20.3 Å². The number of carbonyl (C=O) groups excluding carboxylic acids is 2.